The number of aromatic nitrogens is 2. The van der Waals surface area contributed by atoms with Crippen LogP contribution < -0.4 is 9.47 Å². The van der Waals surface area contributed by atoms with E-state index in [9.17, 15) is 33.9 Å². The van der Waals surface area contributed by atoms with E-state index < -0.39 is 47.4 Å². The number of aliphatic hydroxyl groups is 1. The van der Waals surface area contributed by atoms with Crippen LogP contribution in [0.4, 0.5) is 9.59 Å². The number of alkyl halides is 1. The molecule has 67 heavy (non-hydrogen) atoms. The van der Waals surface area contributed by atoms with E-state index >= 15 is 0 Å². The molecule has 0 radical (unpaired) electrons. The van der Waals surface area contributed by atoms with Crippen LogP contribution in [0.3, 0.4) is 0 Å². The fourth-order valence-electron chi connectivity index (χ4n) is 7.65. The summed E-state index contributed by atoms with van der Waals surface area (Å²) in [6, 6.07) is 10.5. The summed E-state index contributed by atoms with van der Waals surface area (Å²) in [4.78, 5) is 82.8. The molecular formula is C48H63IN4O14. The molecule has 0 bridgehead atoms. The Kier molecular flexibility index (Phi) is 15.4. The summed E-state index contributed by atoms with van der Waals surface area (Å²) in [5.74, 6) is 0.577. The summed E-state index contributed by atoms with van der Waals surface area (Å²) in [5.41, 5.74) is 1.45. The van der Waals surface area contributed by atoms with Crippen LogP contribution in [-0.4, -0.2) is 122 Å². The zero-order chi connectivity index (χ0) is 48.9. The zero-order valence-corrected chi connectivity index (χ0v) is 41.8. The first-order chi connectivity index (χ1) is 31.5. The number of likely N-dealkylation sites (tertiary alicyclic amines) is 2. The van der Waals surface area contributed by atoms with Crippen molar-refractivity contribution >= 4 is 54.7 Å². The number of pyridine rings is 2. The van der Waals surface area contributed by atoms with Crippen molar-refractivity contribution in [2.45, 2.75) is 116 Å². The maximum Gasteiger partial charge on any atom is 0.410 e. The third-order valence-electron chi connectivity index (χ3n) is 11.3. The number of hydrogen-bond donors (Lipinski definition) is 1. The normalized spacial score (nSPS) is 24.2. The molecule has 2 aliphatic carbocycles. The first-order valence-corrected chi connectivity index (χ1v) is 28.2. The Hall–Kier alpha value is -5.57. The molecular weight excluding hydrogens is 983 g/mol. The van der Waals surface area contributed by atoms with Crippen LogP contribution in [-0.2, 0) is 33.1 Å². The van der Waals surface area contributed by atoms with E-state index in [0.717, 1.165) is 43.1 Å². The van der Waals surface area contributed by atoms with Crippen molar-refractivity contribution in [3.05, 3.63) is 81.4 Å². The second-order valence-corrected chi connectivity index (χ2v) is 27.8. The van der Waals surface area contributed by atoms with E-state index in [4.69, 9.17) is 28.1 Å². The van der Waals surface area contributed by atoms with Gasteiger partial charge in [0.2, 0.25) is 0 Å². The third-order valence-corrected chi connectivity index (χ3v) is 19.5. The number of halogens is 1. The fourth-order valence-corrected chi connectivity index (χ4v) is 15.4. The summed E-state index contributed by atoms with van der Waals surface area (Å²) in [7, 11) is 0. The SMILES string of the molecule is CC(=O)OI1(C)(OC(C)=O)OC(=O)c2ccccc21.CC(C)(C)OC(=O)N1CC[C@H]1COc1cncc([C@H]2C[C@@H]2C=O)c1.CC(C)(C)OC(=O)N1CC[C@H]1COc1cncc([C@H]2C[C@@H]2CO)c1. The number of hydrogen-bond acceptors (Lipinski definition) is 16. The molecule has 8 rings (SSSR count). The van der Waals surface area contributed by atoms with Gasteiger partial charge in [0.1, 0.15) is 42.2 Å². The van der Waals surface area contributed by atoms with Gasteiger partial charge in [0.25, 0.3) is 0 Å². The number of ether oxygens (including phenoxy) is 4. The van der Waals surface area contributed by atoms with Gasteiger partial charge in [-0.15, -0.1) is 0 Å². The third kappa shape index (κ3) is 13.1. The molecule has 3 aliphatic heterocycles. The van der Waals surface area contributed by atoms with Crippen LogP contribution in [0.1, 0.15) is 114 Å². The molecule has 19 heteroatoms. The van der Waals surface area contributed by atoms with Crippen LogP contribution in [0.2, 0.25) is 0 Å². The number of carbonyl (C=O) groups is 6. The standard InChI is InChI=1S/C18H26N2O4.C18H24N2O4.C12H13IO6/c2*1-18(2,3)24-17(22)20-5-4-14(20)11-23-15-6-12(8-19-9-15)16-7-13(16)10-21;1-8(14)17-13(3,18-9(2)15)11-7-5-4-6-10(11)12(16)19-13/h6,8-9,13-14,16,21H,4-5,7,10-11H2,1-3H3;6,8-10,13-14,16H,4-5,7,11H2,1-3H3;4-7H,1-3H3/t2*13-,14+,16-;/m11./s1. The predicted molar refractivity (Wildman–Crippen MR) is 251 cm³/mol. The Morgan fingerprint density at radius 2 is 1.27 bits per heavy atom. The van der Waals surface area contributed by atoms with Crippen molar-refractivity contribution in [3.63, 3.8) is 0 Å². The number of aliphatic hydroxyl groups excluding tert-OH is 1. The summed E-state index contributed by atoms with van der Waals surface area (Å²) >= 11 is -5.01. The molecule has 0 spiro atoms. The minimum absolute atomic E-state index is 0.0344. The maximum atomic E-state index is 12.1. The molecule has 3 aromatic rings. The van der Waals surface area contributed by atoms with Crippen molar-refractivity contribution in [2.24, 2.45) is 11.8 Å². The van der Waals surface area contributed by atoms with E-state index in [1.54, 1.807) is 52.7 Å². The summed E-state index contributed by atoms with van der Waals surface area (Å²) in [6.45, 7) is 16.0. The van der Waals surface area contributed by atoms with Crippen molar-refractivity contribution in [1.82, 2.24) is 19.8 Å². The van der Waals surface area contributed by atoms with E-state index in [1.165, 1.54) is 18.8 Å². The Labute approximate surface area is 393 Å². The Balaban J connectivity index is 0.000000167. The van der Waals surface area contributed by atoms with Gasteiger partial charge >= 0.3 is 124 Å². The van der Waals surface area contributed by atoms with Gasteiger partial charge in [0.15, 0.2) is 0 Å². The van der Waals surface area contributed by atoms with E-state index in [0.29, 0.717) is 53.2 Å². The predicted octanol–water partition coefficient (Wildman–Crippen LogP) is 7.44. The number of amides is 2. The van der Waals surface area contributed by atoms with Crippen LogP contribution in [0, 0.1) is 15.4 Å². The average Bonchev–Trinajstić information content (AvgIpc) is 4.14. The van der Waals surface area contributed by atoms with Crippen LogP contribution in [0.5, 0.6) is 11.5 Å². The minimum Gasteiger partial charge on any atom is -0.490 e. The van der Waals surface area contributed by atoms with Crippen LogP contribution in [0.25, 0.3) is 0 Å². The first-order valence-electron chi connectivity index (χ1n) is 22.3. The summed E-state index contributed by atoms with van der Waals surface area (Å²) in [6.07, 6.45) is 11.1. The quantitative estimate of drug-likeness (QED) is 0.106. The Morgan fingerprint density at radius 3 is 1.67 bits per heavy atom. The molecule has 5 heterocycles. The molecule has 4 fully saturated rings. The molecule has 6 atom stereocenters. The van der Waals surface area contributed by atoms with Gasteiger partial charge < -0.3 is 38.6 Å². The van der Waals surface area contributed by atoms with Crippen molar-refractivity contribution < 1.29 is 62.0 Å². The molecule has 2 saturated carbocycles. The molecule has 2 amide bonds. The fraction of sp³-hybridized carbons (Fsp3) is 0.542. The van der Waals surface area contributed by atoms with Crippen LogP contribution in [0.15, 0.2) is 61.2 Å². The molecule has 1 N–H and O–H groups in total. The molecule has 18 nitrogen and oxygen atoms in total. The van der Waals surface area contributed by atoms with Gasteiger partial charge in [0, 0.05) is 38.0 Å². The topological polar surface area (TPSA) is 220 Å². The Morgan fingerprint density at radius 1 is 0.776 bits per heavy atom. The number of fused-ring (bicyclic) bond motifs is 1. The van der Waals surface area contributed by atoms with Crippen LogP contribution >= 0.6 is 18.3 Å². The van der Waals surface area contributed by atoms with Crippen molar-refractivity contribution in [2.75, 3.05) is 37.8 Å². The van der Waals surface area contributed by atoms with E-state index in [1.807, 2.05) is 59.9 Å². The first kappa shape index (κ1) is 50.8. The van der Waals surface area contributed by atoms with Gasteiger partial charge in [-0.2, -0.15) is 0 Å². The van der Waals surface area contributed by atoms with Gasteiger partial charge in [-0.1, -0.05) is 0 Å². The molecule has 5 aliphatic rings. The summed E-state index contributed by atoms with van der Waals surface area (Å²) < 4.78 is 38.6. The number of nitrogens with zero attached hydrogens (tertiary/aromatic N) is 4. The largest absolute Gasteiger partial charge is 0.490 e. The van der Waals surface area contributed by atoms with Crippen molar-refractivity contribution in [3.8, 4) is 11.5 Å². The molecule has 2 saturated heterocycles. The maximum absolute atomic E-state index is 12.1. The number of rotatable bonds is 12. The second-order valence-electron chi connectivity index (χ2n) is 19.2. The molecule has 2 aromatic heterocycles. The average molecular weight is 1050 g/mol. The Bertz CT molecular complexity index is 2310. The number of aldehydes is 1. The molecule has 1 aromatic carbocycles. The van der Waals surface area contributed by atoms with Gasteiger partial charge in [0.05, 0.1) is 24.5 Å². The number of benzene rings is 1. The monoisotopic (exact) mass is 1050 g/mol. The number of carbonyl (C=O) groups excluding carboxylic acids is 6. The second kappa shape index (κ2) is 20.3. The molecule has 0 unspecified atom stereocenters. The van der Waals surface area contributed by atoms with E-state index in [2.05, 4.69) is 9.97 Å². The van der Waals surface area contributed by atoms with Gasteiger partial charge in [-0.05, 0) is 108 Å². The van der Waals surface area contributed by atoms with Gasteiger partial charge in [-0.25, -0.2) is 9.59 Å². The smallest absolute Gasteiger partial charge is 0.410 e. The van der Waals surface area contributed by atoms with Gasteiger partial charge in [-0.3, -0.25) is 9.97 Å². The zero-order valence-electron chi connectivity index (χ0n) is 39.6. The molecule has 366 valence electrons. The van der Waals surface area contributed by atoms with Crippen molar-refractivity contribution in [1.29, 1.82) is 0 Å². The van der Waals surface area contributed by atoms with E-state index in [-0.39, 0.29) is 48.3 Å². The summed E-state index contributed by atoms with van der Waals surface area (Å²) in [5, 5.41) is 9.18. The minimum atomic E-state index is -5.01.